The van der Waals surface area contributed by atoms with Gasteiger partial charge in [-0.25, -0.2) is 4.98 Å². The van der Waals surface area contributed by atoms with Crippen LogP contribution in [-0.4, -0.2) is 23.7 Å². The predicted octanol–water partition coefficient (Wildman–Crippen LogP) is 11.4. The van der Waals surface area contributed by atoms with Crippen LogP contribution in [0.15, 0.2) is 176 Å². The van der Waals surface area contributed by atoms with Gasteiger partial charge in [0, 0.05) is 49.6 Å². The van der Waals surface area contributed by atoms with E-state index < -0.39 is 0 Å². The summed E-state index contributed by atoms with van der Waals surface area (Å²) in [7, 11) is 0. The van der Waals surface area contributed by atoms with Gasteiger partial charge in [-0.2, -0.15) is 4.98 Å². The van der Waals surface area contributed by atoms with E-state index in [-0.39, 0.29) is 0 Å². The monoisotopic (exact) mass is 651 g/mol. The first-order chi connectivity index (χ1) is 25.3. The lowest BCUT2D eigenvalue weighted by Gasteiger charge is -2.14. The summed E-state index contributed by atoms with van der Waals surface area (Å²) in [6, 6.07) is 62.3. The average molecular weight is 652 g/mol. The second kappa shape index (κ2) is 10.8. The van der Waals surface area contributed by atoms with Gasteiger partial charge >= 0.3 is 0 Å². The van der Waals surface area contributed by atoms with Gasteiger partial charge < -0.3 is 4.57 Å². The standard InChI is InChI=1S/C46H29N5/c1-3-15-30(16-4-1)37-29-43(48-46(47-37)50-38-23-11-7-19-32(38)33-20-8-12-24-39(33)50)51-40-25-13-9-21-34(40)35-27-28-42-44(45(35)51)36-22-10-14-26-41(36)49(42)31-17-5-2-6-18-31/h1-29H. The van der Waals surface area contributed by atoms with Crippen molar-refractivity contribution in [1.82, 2.24) is 23.7 Å². The van der Waals surface area contributed by atoms with Crippen LogP contribution in [0.1, 0.15) is 0 Å². The minimum atomic E-state index is 0.633. The molecule has 7 aromatic carbocycles. The second-order valence-corrected chi connectivity index (χ2v) is 13.0. The van der Waals surface area contributed by atoms with Crippen LogP contribution in [-0.2, 0) is 0 Å². The maximum Gasteiger partial charge on any atom is 0.237 e. The van der Waals surface area contributed by atoms with Gasteiger partial charge in [0.05, 0.1) is 38.8 Å². The van der Waals surface area contributed by atoms with E-state index in [2.05, 4.69) is 184 Å². The minimum Gasteiger partial charge on any atom is -0.309 e. The summed E-state index contributed by atoms with van der Waals surface area (Å²) in [5.74, 6) is 1.45. The largest absolute Gasteiger partial charge is 0.309 e. The van der Waals surface area contributed by atoms with E-state index in [4.69, 9.17) is 9.97 Å². The van der Waals surface area contributed by atoms with Crippen LogP contribution in [0.3, 0.4) is 0 Å². The SMILES string of the molecule is c1ccc(-c2cc(-n3c4ccccc4c4ccc5c(c6ccccc6n5-c5ccccc5)c43)nc(-n3c4ccccc4c4ccccc43)n2)cc1. The molecule has 4 aromatic heterocycles. The van der Waals surface area contributed by atoms with Crippen molar-refractivity contribution in [3.63, 3.8) is 0 Å². The Bertz CT molecular complexity index is 3080. The lowest BCUT2D eigenvalue weighted by Crippen LogP contribution is -2.07. The number of fused-ring (bicyclic) bond motifs is 10. The van der Waals surface area contributed by atoms with Gasteiger partial charge in [-0.05, 0) is 42.5 Å². The molecule has 0 aliphatic carbocycles. The number of nitrogens with zero attached hydrogens (tertiary/aromatic N) is 5. The first kappa shape index (κ1) is 27.9. The Kier molecular flexibility index (Phi) is 5.89. The summed E-state index contributed by atoms with van der Waals surface area (Å²) in [4.78, 5) is 10.8. The quantitative estimate of drug-likeness (QED) is 0.190. The van der Waals surface area contributed by atoms with Crippen LogP contribution in [0.25, 0.3) is 94.1 Å². The van der Waals surface area contributed by atoms with Crippen LogP contribution in [0.2, 0.25) is 0 Å². The molecular weight excluding hydrogens is 623 g/mol. The molecule has 4 heterocycles. The van der Waals surface area contributed by atoms with E-state index in [0.717, 1.165) is 50.3 Å². The molecule has 0 aliphatic heterocycles. The van der Waals surface area contributed by atoms with E-state index in [1.807, 2.05) is 6.07 Å². The number of para-hydroxylation sites is 5. The summed E-state index contributed by atoms with van der Waals surface area (Å²) in [5.41, 5.74) is 9.73. The van der Waals surface area contributed by atoms with Crippen molar-refractivity contribution >= 4 is 65.4 Å². The zero-order valence-corrected chi connectivity index (χ0v) is 27.5. The number of rotatable bonds is 4. The third kappa shape index (κ3) is 4.03. The molecule has 11 rings (SSSR count). The molecule has 0 N–H and O–H groups in total. The molecule has 0 bridgehead atoms. The third-order valence-corrected chi connectivity index (χ3v) is 10.3. The molecule has 0 aliphatic rings. The van der Waals surface area contributed by atoms with Gasteiger partial charge in [0.2, 0.25) is 5.95 Å². The molecule has 51 heavy (non-hydrogen) atoms. The number of aromatic nitrogens is 5. The molecule has 0 unspecified atom stereocenters. The van der Waals surface area contributed by atoms with Crippen LogP contribution in [0.5, 0.6) is 0 Å². The second-order valence-electron chi connectivity index (χ2n) is 13.0. The maximum absolute atomic E-state index is 5.50. The van der Waals surface area contributed by atoms with Crippen molar-refractivity contribution in [2.75, 3.05) is 0 Å². The van der Waals surface area contributed by atoms with Crippen LogP contribution in [0, 0.1) is 0 Å². The van der Waals surface area contributed by atoms with Gasteiger partial charge in [-0.1, -0.05) is 127 Å². The van der Waals surface area contributed by atoms with Crippen molar-refractivity contribution in [3.8, 4) is 28.7 Å². The van der Waals surface area contributed by atoms with Crippen LogP contribution >= 0.6 is 0 Å². The highest BCUT2D eigenvalue weighted by molar-refractivity contribution is 6.26. The van der Waals surface area contributed by atoms with E-state index in [1.54, 1.807) is 0 Å². The molecule has 0 saturated heterocycles. The smallest absolute Gasteiger partial charge is 0.237 e. The van der Waals surface area contributed by atoms with E-state index in [1.165, 1.54) is 37.8 Å². The Hall–Kier alpha value is -6.98. The highest BCUT2D eigenvalue weighted by atomic mass is 15.2. The third-order valence-electron chi connectivity index (χ3n) is 10.3. The zero-order chi connectivity index (χ0) is 33.5. The van der Waals surface area contributed by atoms with Gasteiger partial charge in [-0.3, -0.25) is 9.13 Å². The molecule has 11 aromatic rings. The first-order valence-electron chi connectivity index (χ1n) is 17.3. The van der Waals surface area contributed by atoms with Gasteiger partial charge in [0.15, 0.2) is 0 Å². The Morgan fingerprint density at radius 3 is 1.51 bits per heavy atom. The molecule has 5 nitrogen and oxygen atoms in total. The van der Waals surface area contributed by atoms with Gasteiger partial charge in [0.25, 0.3) is 0 Å². The van der Waals surface area contributed by atoms with E-state index >= 15 is 0 Å². The number of hydrogen-bond donors (Lipinski definition) is 0. The normalized spacial score (nSPS) is 11.9. The van der Waals surface area contributed by atoms with Crippen molar-refractivity contribution in [3.05, 3.63) is 176 Å². The summed E-state index contributed by atoms with van der Waals surface area (Å²) in [5, 5.41) is 7.12. The minimum absolute atomic E-state index is 0.633. The van der Waals surface area contributed by atoms with Gasteiger partial charge in [-0.15, -0.1) is 0 Å². The number of benzene rings is 7. The fourth-order valence-electron chi connectivity index (χ4n) is 8.13. The van der Waals surface area contributed by atoms with Crippen LogP contribution in [0.4, 0.5) is 0 Å². The fraction of sp³-hybridized carbons (Fsp3) is 0. The summed E-state index contributed by atoms with van der Waals surface area (Å²) in [6.07, 6.45) is 0. The van der Waals surface area contributed by atoms with Crippen molar-refractivity contribution in [2.45, 2.75) is 0 Å². The topological polar surface area (TPSA) is 40.6 Å². The molecule has 5 heteroatoms. The fourth-order valence-corrected chi connectivity index (χ4v) is 8.13. The Morgan fingerprint density at radius 1 is 0.353 bits per heavy atom. The van der Waals surface area contributed by atoms with Crippen molar-refractivity contribution in [1.29, 1.82) is 0 Å². The molecule has 0 fully saturated rings. The van der Waals surface area contributed by atoms with Crippen LogP contribution < -0.4 is 0 Å². The highest BCUT2D eigenvalue weighted by Crippen LogP contribution is 2.42. The lowest BCUT2D eigenvalue weighted by atomic mass is 10.1. The summed E-state index contributed by atoms with van der Waals surface area (Å²) >= 11 is 0. The van der Waals surface area contributed by atoms with Gasteiger partial charge in [0.1, 0.15) is 5.82 Å². The molecule has 0 saturated carbocycles. The summed E-state index contributed by atoms with van der Waals surface area (Å²) < 4.78 is 6.95. The zero-order valence-electron chi connectivity index (χ0n) is 27.5. The molecule has 0 spiro atoms. The molecule has 238 valence electrons. The lowest BCUT2D eigenvalue weighted by molar-refractivity contribution is 0.953. The van der Waals surface area contributed by atoms with E-state index in [0.29, 0.717) is 5.95 Å². The molecule has 0 atom stereocenters. The predicted molar refractivity (Wildman–Crippen MR) is 210 cm³/mol. The average Bonchev–Trinajstić information content (AvgIpc) is 3.84. The number of hydrogen-bond acceptors (Lipinski definition) is 2. The van der Waals surface area contributed by atoms with E-state index in [9.17, 15) is 0 Å². The molecule has 0 amide bonds. The van der Waals surface area contributed by atoms with Crippen molar-refractivity contribution < 1.29 is 0 Å². The highest BCUT2D eigenvalue weighted by Gasteiger charge is 2.23. The Morgan fingerprint density at radius 2 is 0.863 bits per heavy atom. The Labute approximate surface area is 292 Å². The molecule has 0 radical (unpaired) electrons. The first-order valence-corrected chi connectivity index (χ1v) is 17.3. The summed E-state index contributed by atoms with van der Waals surface area (Å²) in [6.45, 7) is 0. The molecular formula is C46H29N5. The van der Waals surface area contributed by atoms with Crippen molar-refractivity contribution in [2.24, 2.45) is 0 Å². The Balaban J connectivity index is 1.31. The maximum atomic E-state index is 5.50.